The minimum absolute atomic E-state index is 0.0905. The predicted octanol–water partition coefficient (Wildman–Crippen LogP) is 2.74. The van der Waals surface area contributed by atoms with E-state index in [-0.39, 0.29) is 22.1 Å². The van der Waals surface area contributed by atoms with Crippen LogP contribution in [0, 0.1) is 10.1 Å². The van der Waals surface area contributed by atoms with Gasteiger partial charge in [0.05, 0.1) is 19.1 Å². The molecule has 0 aromatic heterocycles. The molecule has 0 fully saturated rings. The molecule has 25 heavy (non-hydrogen) atoms. The van der Waals surface area contributed by atoms with Gasteiger partial charge in [-0.05, 0) is 30.4 Å². The van der Waals surface area contributed by atoms with Crippen molar-refractivity contribution in [1.29, 1.82) is 0 Å². The highest BCUT2D eigenvalue weighted by Crippen LogP contribution is 2.28. The SMILES string of the molecule is COc1cccc(OC)c1C(=O)NC(=S)Nc1ccccc1[N+](=O)[O-]. The van der Waals surface area contributed by atoms with E-state index in [1.165, 1.54) is 32.4 Å². The number of ether oxygens (including phenoxy) is 2. The third kappa shape index (κ3) is 4.21. The average molecular weight is 361 g/mol. The standard InChI is InChI=1S/C16H15N3O5S/c1-23-12-8-5-9-13(24-2)14(12)15(20)18-16(25)17-10-6-3-4-7-11(10)19(21)22/h3-9H,1-2H3,(H2,17,18,20,25). The van der Waals surface area contributed by atoms with Gasteiger partial charge in [-0.2, -0.15) is 0 Å². The van der Waals surface area contributed by atoms with Crippen molar-refractivity contribution in [3.63, 3.8) is 0 Å². The maximum absolute atomic E-state index is 12.5. The second kappa shape index (κ2) is 8.06. The summed E-state index contributed by atoms with van der Waals surface area (Å²) in [5.41, 5.74) is 0.179. The molecule has 2 rings (SSSR count). The molecule has 9 heteroatoms. The lowest BCUT2D eigenvalue weighted by atomic mass is 10.1. The fourth-order valence-electron chi connectivity index (χ4n) is 2.13. The molecule has 130 valence electrons. The molecule has 0 aliphatic carbocycles. The molecule has 0 saturated heterocycles. The van der Waals surface area contributed by atoms with Gasteiger partial charge in [-0.3, -0.25) is 20.2 Å². The molecule has 0 aliphatic rings. The molecular weight excluding hydrogens is 346 g/mol. The van der Waals surface area contributed by atoms with Crippen molar-refractivity contribution in [2.24, 2.45) is 0 Å². The number of para-hydroxylation sites is 2. The van der Waals surface area contributed by atoms with Gasteiger partial charge in [-0.1, -0.05) is 18.2 Å². The number of carbonyl (C=O) groups is 1. The van der Waals surface area contributed by atoms with Gasteiger partial charge in [0, 0.05) is 6.07 Å². The summed E-state index contributed by atoms with van der Waals surface area (Å²) < 4.78 is 10.3. The van der Waals surface area contributed by atoms with Crippen LogP contribution in [-0.2, 0) is 0 Å². The molecule has 2 N–H and O–H groups in total. The second-order valence-corrected chi connectivity index (χ2v) is 5.13. The zero-order valence-corrected chi connectivity index (χ0v) is 14.3. The van der Waals surface area contributed by atoms with Gasteiger partial charge in [-0.15, -0.1) is 0 Å². The van der Waals surface area contributed by atoms with E-state index in [0.717, 1.165) is 0 Å². The van der Waals surface area contributed by atoms with Crippen molar-refractivity contribution in [3.05, 3.63) is 58.1 Å². The van der Waals surface area contributed by atoms with E-state index in [9.17, 15) is 14.9 Å². The molecule has 0 aliphatic heterocycles. The van der Waals surface area contributed by atoms with Crippen LogP contribution in [0.4, 0.5) is 11.4 Å². The number of rotatable bonds is 5. The summed E-state index contributed by atoms with van der Waals surface area (Å²) in [6.07, 6.45) is 0. The van der Waals surface area contributed by atoms with Crippen LogP contribution in [0.2, 0.25) is 0 Å². The summed E-state index contributed by atoms with van der Waals surface area (Å²) in [5, 5.41) is 16.0. The van der Waals surface area contributed by atoms with Gasteiger partial charge in [0.1, 0.15) is 22.7 Å². The lowest BCUT2D eigenvalue weighted by Crippen LogP contribution is -2.34. The number of nitrogens with one attached hydrogen (secondary N) is 2. The molecule has 8 nitrogen and oxygen atoms in total. The first-order valence-corrected chi connectivity index (χ1v) is 7.45. The van der Waals surface area contributed by atoms with E-state index in [2.05, 4.69) is 10.6 Å². The number of thiocarbonyl (C=S) groups is 1. The number of amides is 1. The van der Waals surface area contributed by atoms with Gasteiger partial charge >= 0.3 is 0 Å². The van der Waals surface area contributed by atoms with Crippen LogP contribution >= 0.6 is 12.2 Å². The molecule has 0 saturated carbocycles. The fraction of sp³-hybridized carbons (Fsp3) is 0.125. The first-order chi connectivity index (χ1) is 12.0. The van der Waals surface area contributed by atoms with E-state index < -0.39 is 10.8 Å². The Morgan fingerprint density at radius 2 is 1.68 bits per heavy atom. The summed E-state index contributed by atoms with van der Waals surface area (Å²) in [7, 11) is 2.85. The number of hydrogen-bond acceptors (Lipinski definition) is 6. The van der Waals surface area contributed by atoms with Gasteiger partial charge in [0.2, 0.25) is 0 Å². The Bertz CT molecular complexity index is 803. The van der Waals surface area contributed by atoms with Crippen LogP contribution in [-0.4, -0.2) is 30.2 Å². The van der Waals surface area contributed by atoms with Crippen LogP contribution in [0.1, 0.15) is 10.4 Å². The van der Waals surface area contributed by atoms with Crippen molar-refractivity contribution in [2.45, 2.75) is 0 Å². The van der Waals surface area contributed by atoms with Gasteiger partial charge in [0.15, 0.2) is 5.11 Å². The molecule has 0 atom stereocenters. The number of nitro benzene ring substituents is 1. The zero-order valence-electron chi connectivity index (χ0n) is 13.4. The summed E-state index contributed by atoms with van der Waals surface area (Å²) in [4.78, 5) is 23.0. The second-order valence-electron chi connectivity index (χ2n) is 4.72. The maximum Gasteiger partial charge on any atom is 0.292 e. The number of anilines is 1. The van der Waals surface area contributed by atoms with Gasteiger partial charge < -0.3 is 14.8 Å². The molecule has 0 bridgehead atoms. The van der Waals surface area contributed by atoms with Crippen LogP contribution in [0.5, 0.6) is 11.5 Å². The number of nitro groups is 1. The van der Waals surface area contributed by atoms with Crippen molar-refractivity contribution in [3.8, 4) is 11.5 Å². The van der Waals surface area contributed by atoms with Gasteiger partial charge in [0.25, 0.3) is 11.6 Å². The molecule has 0 unspecified atom stereocenters. The highest BCUT2D eigenvalue weighted by molar-refractivity contribution is 7.80. The normalized spacial score (nSPS) is 9.84. The predicted molar refractivity (Wildman–Crippen MR) is 96.3 cm³/mol. The summed E-state index contributed by atoms with van der Waals surface area (Å²) >= 11 is 5.07. The highest BCUT2D eigenvalue weighted by Gasteiger charge is 2.20. The summed E-state index contributed by atoms with van der Waals surface area (Å²) in [6.45, 7) is 0. The van der Waals surface area contributed by atoms with Crippen LogP contribution in [0.3, 0.4) is 0 Å². The van der Waals surface area contributed by atoms with Crippen molar-refractivity contribution < 1.29 is 19.2 Å². The minimum atomic E-state index is -0.564. The Morgan fingerprint density at radius 1 is 1.08 bits per heavy atom. The van der Waals surface area contributed by atoms with E-state index in [4.69, 9.17) is 21.7 Å². The Kier molecular flexibility index (Phi) is 5.85. The topological polar surface area (TPSA) is 103 Å². The number of benzene rings is 2. The molecular formula is C16H15N3O5S. The Balaban J connectivity index is 2.20. The van der Waals surface area contributed by atoms with E-state index in [0.29, 0.717) is 11.5 Å². The lowest BCUT2D eigenvalue weighted by molar-refractivity contribution is -0.383. The third-order valence-corrected chi connectivity index (χ3v) is 3.44. The number of methoxy groups -OCH3 is 2. The largest absolute Gasteiger partial charge is 0.496 e. The Hall–Kier alpha value is -3.20. The number of nitrogens with zero attached hydrogens (tertiary/aromatic N) is 1. The first-order valence-electron chi connectivity index (χ1n) is 7.04. The monoisotopic (exact) mass is 361 g/mol. The fourth-order valence-corrected chi connectivity index (χ4v) is 2.34. The first kappa shape index (κ1) is 18.1. The highest BCUT2D eigenvalue weighted by atomic mass is 32.1. The lowest BCUT2D eigenvalue weighted by Gasteiger charge is -2.14. The number of carbonyl (C=O) groups excluding carboxylic acids is 1. The van der Waals surface area contributed by atoms with Crippen LogP contribution < -0.4 is 20.1 Å². The van der Waals surface area contributed by atoms with Crippen molar-refractivity contribution >= 4 is 34.6 Å². The smallest absolute Gasteiger partial charge is 0.292 e. The maximum atomic E-state index is 12.5. The average Bonchev–Trinajstić information content (AvgIpc) is 2.60. The quantitative estimate of drug-likeness (QED) is 0.479. The van der Waals surface area contributed by atoms with Crippen molar-refractivity contribution in [1.82, 2.24) is 5.32 Å². The molecule has 1 amide bonds. The summed E-state index contributed by atoms with van der Waals surface area (Å²) in [6, 6.07) is 10.9. The van der Waals surface area contributed by atoms with Crippen molar-refractivity contribution in [2.75, 3.05) is 19.5 Å². The zero-order chi connectivity index (χ0) is 18.4. The van der Waals surface area contributed by atoms with E-state index >= 15 is 0 Å². The van der Waals surface area contributed by atoms with E-state index in [1.54, 1.807) is 24.3 Å². The van der Waals surface area contributed by atoms with Gasteiger partial charge in [-0.25, -0.2) is 0 Å². The molecule has 2 aromatic carbocycles. The summed E-state index contributed by atoms with van der Waals surface area (Å²) in [5.74, 6) is 0.0565. The Labute approximate surface area is 148 Å². The van der Waals surface area contributed by atoms with Crippen LogP contribution in [0.25, 0.3) is 0 Å². The van der Waals surface area contributed by atoms with Crippen LogP contribution in [0.15, 0.2) is 42.5 Å². The number of hydrogen-bond donors (Lipinski definition) is 2. The molecule has 0 radical (unpaired) electrons. The molecule has 2 aromatic rings. The Morgan fingerprint density at radius 3 is 2.24 bits per heavy atom. The molecule has 0 spiro atoms. The van der Waals surface area contributed by atoms with E-state index in [1.807, 2.05) is 0 Å². The molecule has 0 heterocycles. The third-order valence-electron chi connectivity index (χ3n) is 3.23. The minimum Gasteiger partial charge on any atom is -0.496 e.